The summed E-state index contributed by atoms with van der Waals surface area (Å²) < 4.78 is 0. The highest BCUT2D eigenvalue weighted by atomic mass is 32.1. The van der Waals surface area contributed by atoms with E-state index in [1.54, 1.807) is 11.3 Å². The predicted octanol–water partition coefficient (Wildman–Crippen LogP) is 4.25. The van der Waals surface area contributed by atoms with Gasteiger partial charge in [0.25, 0.3) is 0 Å². The molecule has 1 aromatic carbocycles. The van der Waals surface area contributed by atoms with E-state index in [1.807, 2.05) is 0 Å². The van der Waals surface area contributed by atoms with Crippen LogP contribution in [0.3, 0.4) is 0 Å². The second-order valence-corrected chi connectivity index (χ2v) is 7.49. The fraction of sp³-hybridized carbons (Fsp3) is 0.500. The molecule has 0 radical (unpaired) electrons. The summed E-state index contributed by atoms with van der Waals surface area (Å²) in [6, 6.07) is 10.7. The SMILES string of the molecule is Cc1nc(CC2CC(c3ccccc3)CCC2O)sc1C. The number of aliphatic hydroxyl groups is 1. The number of thiazole rings is 1. The van der Waals surface area contributed by atoms with Crippen molar-refractivity contribution in [3.05, 3.63) is 51.5 Å². The molecule has 1 aliphatic carbocycles. The van der Waals surface area contributed by atoms with Crippen LogP contribution in [-0.2, 0) is 6.42 Å². The van der Waals surface area contributed by atoms with E-state index in [0.717, 1.165) is 31.4 Å². The second-order valence-electron chi connectivity index (χ2n) is 6.20. The molecule has 1 heterocycles. The molecule has 0 aliphatic heterocycles. The molecule has 3 atom stereocenters. The van der Waals surface area contributed by atoms with Crippen LogP contribution in [0.15, 0.2) is 30.3 Å². The van der Waals surface area contributed by atoms with Crippen molar-refractivity contribution in [3.63, 3.8) is 0 Å². The number of aromatic nitrogens is 1. The normalized spacial score (nSPS) is 26.0. The lowest BCUT2D eigenvalue weighted by atomic mass is 9.75. The summed E-state index contributed by atoms with van der Waals surface area (Å²) in [7, 11) is 0. The molecule has 0 saturated heterocycles. The van der Waals surface area contributed by atoms with Crippen LogP contribution in [0.4, 0.5) is 0 Å². The maximum absolute atomic E-state index is 10.3. The minimum absolute atomic E-state index is 0.172. The number of aliphatic hydroxyl groups excluding tert-OH is 1. The van der Waals surface area contributed by atoms with Crippen LogP contribution < -0.4 is 0 Å². The van der Waals surface area contributed by atoms with E-state index in [0.29, 0.717) is 11.8 Å². The molecular weight excluding hydrogens is 278 g/mol. The van der Waals surface area contributed by atoms with E-state index in [-0.39, 0.29) is 6.10 Å². The van der Waals surface area contributed by atoms with Crippen LogP contribution >= 0.6 is 11.3 Å². The molecule has 2 aromatic rings. The molecule has 0 spiro atoms. The third kappa shape index (κ3) is 3.35. The Labute approximate surface area is 130 Å². The summed E-state index contributed by atoms with van der Waals surface area (Å²) in [5.74, 6) is 0.927. The molecule has 3 unspecified atom stereocenters. The number of benzene rings is 1. The Morgan fingerprint density at radius 3 is 2.62 bits per heavy atom. The molecule has 3 heteroatoms. The molecule has 112 valence electrons. The summed E-state index contributed by atoms with van der Waals surface area (Å²) in [4.78, 5) is 5.94. The van der Waals surface area contributed by atoms with Gasteiger partial charge in [0.05, 0.1) is 16.8 Å². The lowest BCUT2D eigenvalue weighted by molar-refractivity contribution is 0.0619. The fourth-order valence-corrected chi connectivity index (χ4v) is 4.37. The first-order valence-corrected chi connectivity index (χ1v) is 8.61. The van der Waals surface area contributed by atoms with Crippen molar-refractivity contribution in [1.82, 2.24) is 4.98 Å². The first kappa shape index (κ1) is 14.7. The van der Waals surface area contributed by atoms with Gasteiger partial charge in [-0.1, -0.05) is 30.3 Å². The van der Waals surface area contributed by atoms with Gasteiger partial charge in [-0.05, 0) is 50.5 Å². The Balaban J connectivity index is 1.72. The van der Waals surface area contributed by atoms with E-state index in [4.69, 9.17) is 0 Å². The third-order valence-electron chi connectivity index (χ3n) is 4.72. The van der Waals surface area contributed by atoms with Crippen LogP contribution in [0, 0.1) is 19.8 Å². The van der Waals surface area contributed by atoms with E-state index in [9.17, 15) is 5.11 Å². The van der Waals surface area contributed by atoms with Crippen LogP contribution in [0.5, 0.6) is 0 Å². The van der Waals surface area contributed by atoms with Gasteiger partial charge in [-0.25, -0.2) is 4.98 Å². The van der Waals surface area contributed by atoms with E-state index in [1.165, 1.54) is 15.4 Å². The average molecular weight is 301 g/mol. The number of rotatable bonds is 3. The van der Waals surface area contributed by atoms with Gasteiger partial charge >= 0.3 is 0 Å². The lowest BCUT2D eigenvalue weighted by Crippen LogP contribution is -2.29. The molecule has 1 saturated carbocycles. The van der Waals surface area contributed by atoms with E-state index < -0.39 is 0 Å². The van der Waals surface area contributed by atoms with Crippen molar-refractivity contribution >= 4 is 11.3 Å². The van der Waals surface area contributed by atoms with Crippen molar-refractivity contribution in [3.8, 4) is 0 Å². The molecule has 1 N–H and O–H groups in total. The Kier molecular flexibility index (Phi) is 4.41. The molecule has 0 amide bonds. The molecular formula is C18H23NOS. The van der Waals surface area contributed by atoms with Crippen molar-refractivity contribution in [2.24, 2.45) is 5.92 Å². The number of aryl methyl sites for hydroxylation is 2. The number of hydrogen-bond donors (Lipinski definition) is 1. The molecule has 3 rings (SSSR count). The maximum Gasteiger partial charge on any atom is 0.0934 e. The largest absolute Gasteiger partial charge is 0.393 e. The Bertz CT molecular complexity index is 573. The second kappa shape index (κ2) is 6.29. The first-order valence-electron chi connectivity index (χ1n) is 7.79. The van der Waals surface area contributed by atoms with Gasteiger partial charge in [-0.2, -0.15) is 0 Å². The van der Waals surface area contributed by atoms with Crippen LogP contribution in [-0.4, -0.2) is 16.2 Å². The van der Waals surface area contributed by atoms with Crippen LogP contribution in [0.25, 0.3) is 0 Å². The maximum atomic E-state index is 10.3. The highest BCUT2D eigenvalue weighted by molar-refractivity contribution is 7.11. The van der Waals surface area contributed by atoms with Crippen molar-refractivity contribution in [1.29, 1.82) is 0 Å². The van der Waals surface area contributed by atoms with Crippen LogP contribution in [0.1, 0.15) is 46.3 Å². The van der Waals surface area contributed by atoms with Gasteiger partial charge in [0, 0.05) is 11.3 Å². The Hall–Kier alpha value is -1.19. The highest BCUT2D eigenvalue weighted by Gasteiger charge is 2.30. The van der Waals surface area contributed by atoms with E-state index >= 15 is 0 Å². The summed E-state index contributed by atoms with van der Waals surface area (Å²) in [6.45, 7) is 4.19. The smallest absolute Gasteiger partial charge is 0.0934 e. The lowest BCUT2D eigenvalue weighted by Gasteiger charge is -2.33. The van der Waals surface area contributed by atoms with Crippen LogP contribution in [0.2, 0.25) is 0 Å². The number of hydrogen-bond acceptors (Lipinski definition) is 3. The van der Waals surface area contributed by atoms with Crippen molar-refractivity contribution in [2.45, 2.75) is 51.6 Å². The minimum atomic E-state index is -0.172. The highest BCUT2D eigenvalue weighted by Crippen LogP contribution is 2.38. The molecule has 0 bridgehead atoms. The zero-order valence-corrected chi connectivity index (χ0v) is 13.6. The summed E-state index contributed by atoms with van der Waals surface area (Å²) >= 11 is 1.78. The first-order chi connectivity index (χ1) is 10.1. The molecule has 21 heavy (non-hydrogen) atoms. The summed E-state index contributed by atoms with van der Waals surface area (Å²) in [6.07, 6.45) is 3.83. The quantitative estimate of drug-likeness (QED) is 0.919. The number of nitrogens with zero attached hydrogens (tertiary/aromatic N) is 1. The monoisotopic (exact) mass is 301 g/mol. The predicted molar refractivity (Wildman–Crippen MR) is 87.8 cm³/mol. The summed E-state index contributed by atoms with van der Waals surface area (Å²) in [5, 5.41) is 11.5. The Morgan fingerprint density at radius 1 is 1.19 bits per heavy atom. The van der Waals surface area contributed by atoms with Gasteiger partial charge in [-0.15, -0.1) is 11.3 Å². The molecule has 1 fully saturated rings. The van der Waals surface area contributed by atoms with Crippen molar-refractivity contribution in [2.75, 3.05) is 0 Å². The molecule has 2 nitrogen and oxygen atoms in total. The molecule has 1 aliphatic rings. The average Bonchev–Trinajstić information content (AvgIpc) is 2.80. The zero-order chi connectivity index (χ0) is 14.8. The van der Waals surface area contributed by atoms with E-state index in [2.05, 4.69) is 49.2 Å². The third-order valence-corrected chi connectivity index (χ3v) is 5.82. The topological polar surface area (TPSA) is 33.1 Å². The van der Waals surface area contributed by atoms with Gasteiger partial charge < -0.3 is 5.11 Å². The minimum Gasteiger partial charge on any atom is -0.393 e. The Morgan fingerprint density at radius 2 is 1.95 bits per heavy atom. The summed E-state index contributed by atoms with van der Waals surface area (Å²) in [5.41, 5.74) is 2.56. The van der Waals surface area contributed by atoms with Gasteiger partial charge in [0.15, 0.2) is 0 Å². The van der Waals surface area contributed by atoms with Gasteiger partial charge in [0.2, 0.25) is 0 Å². The molecule has 1 aromatic heterocycles. The zero-order valence-electron chi connectivity index (χ0n) is 12.7. The van der Waals surface area contributed by atoms with Gasteiger partial charge in [-0.3, -0.25) is 0 Å². The van der Waals surface area contributed by atoms with Crippen molar-refractivity contribution < 1.29 is 5.11 Å². The fourth-order valence-electron chi connectivity index (χ4n) is 3.35. The van der Waals surface area contributed by atoms with Gasteiger partial charge in [0.1, 0.15) is 0 Å². The standard InChI is InChI=1S/C18H23NOS/c1-12-13(2)21-18(19-12)11-16-10-15(8-9-17(16)20)14-6-4-3-5-7-14/h3-7,15-17,20H,8-11H2,1-2H3.